The van der Waals surface area contributed by atoms with Gasteiger partial charge in [-0.3, -0.25) is 9.48 Å². The molecule has 9 heteroatoms. The monoisotopic (exact) mass is 448 g/mol. The topological polar surface area (TPSA) is 123 Å². The first-order valence-electron chi connectivity index (χ1n) is 10.6. The number of hydrogen-bond donors (Lipinski definition) is 3. The minimum Gasteiger partial charge on any atom is -0.477 e. The van der Waals surface area contributed by atoms with Crippen LogP contribution in [0.5, 0.6) is 0 Å². The van der Waals surface area contributed by atoms with Gasteiger partial charge in [-0.25, -0.2) is 9.59 Å². The number of benzene rings is 2. The number of aromatic carboxylic acids is 1. The second-order valence-electron chi connectivity index (χ2n) is 7.76. The van der Waals surface area contributed by atoms with Crippen molar-refractivity contribution in [2.45, 2.75) is 25.3 Å². The molecule has 2 aromatic carbocycles. The molecule has 2 amide bonds. The molecule has 0 bridgehead atoms. The number of carbonyl (C=O) groups excluding carboxylic acids is 2. The lowest BCUT2D eigenvalue weighted by molar-refractivity contribution is -0.118. The van der Waals surface area contributed by atoms with Gasteiger partial charge in [0.05, 0.1) is 6.20 Å². The fourth-order valence-electron chi connectivity index (χ4n) is 4.08. The molecule has 1 heterocycles. The molecule has 9 nitrogen and oxygen atoms in total. The van der Waals surface area contributed by atoms with E-state index >= 15 is 0 Å². The third-order valence-electron chi connectivity index (χ3n) is 5.77. The van der Waals surface area contributed by atoms with Gasteiger partial charge in [0.15, 0.2) is 0 Å². The number of nitrogens with zero attached hydrogens (tertiary/aromatic N) is 2. The van der Waals surface area contributed by atoms with E-state index in [1.54, 1.807) is 6.92 Å². The number of hydrogen-bond acceptors (Lipinski definition) is 5. The third-order valence-corrected chi connectivity index (χ3v) is 5.77. The molecule has 0 saturated carbocycles. The van der Waals surface area contributed by atoms with Crippen LogP contribution in [0.2, 0.25) is 0 Å². The Bertz CT molecular complexity index is 1170. The first-order valence-corrected chi connectivity index (χ1v) is 10.6. The molecular formula is C24H24N4O5. The molecule has 1 aromatic heterocycles. The van der Waals surface area contributed by atoms with E-state index in [0.717, 1.165) is 28.5 Å². The predicted octanol–water partition coefficient (Wildman–Crippen LogP) is 3.37. The summed E-state index contributed by atoms with van der Waals surface area (Å²) in [6.07, 6.45) is 0.719. The molecule has 3 N–H and O–H groups in total. The van der Waals surface area contributed by atoms with E-state index in [1.807, 2.05) is 36.4 Å². The molecule has 33 heavy (non-hydrogen) atoms. The molecule has 0 aliphatic heterocycles. The Balaban J connectivity index is 1.41. The fourth-order valence-corrected chi connectivity index (χ4v) is 4.08. The van der Waals surface area contributed by atoms with Gasteiger partial charge in [0.1, 0.15) is 24.0 Å². The van der Waals surface area contributed by atoms with Crippen LogP contribution in [-0.2, 0) is 16.6 Å². The van der Waals surface area contributed by atoms with E-state index in [9.17, 15) is 19.5 Å². The summed E-state index contributed by atoms with van der Waals surface area (Å²) in [6.45, 7) is 1.86. The van der Waals surface area contributed by atoms with Gasteiger partial charge in [-0.05, 0) is 28.7 Å². The van der Waals surface area contributed by atoms with Crippen molar-refractivity contribution in [3.8, 4) is 11.1 Å². The van der Waals surface area contributed by atoms with Crippen LogP contribution < -0.4 is 10.6 Å². The first-order chi connectivity index (χ1) is 15.9. The molecule has 170 valence electrons. The molecule has 1 aliphatic rings. The second-order valence-corrected chi connectivity index (χ2v) is 7.76. The van der Waals surface area contributed by atoms with Crippen LogP contribution in [0.3, 0.4) is 0 Å². The number of anilines is 1. The lowest BCUT2D eigenvalue weighted by atomic mass is 9.98. The Kier molecular flexibility index (Phi) is 6.12. The molecule has 3 aromatic rings. The summed E-state index contributed by atoms with van der Waals surface area (Å²) in [4.78, 5) is 36.5. The number of amides is 2. The Labute approximate surface area is 190 Å². The number of carboxylic acid groups (broad SMARTS) is 1. The summed E-state index contributed by atoms with van der Waals surface area (Å²) >= 11 is 0. The molecular weight excluding hydrogens is 424 g/mol. The first kappa shape index (κ1) is 22.1. The number of nitrogens with one attached hydrogen (secondary N) is 2. The lowest BCUT2D eigenvalue weighted by Gasteiger charge is -2.19. The predicted molar refractivity (Wildman–Crippen MR) is 121 cm³/mol. The smallest absolute Gasteiger partial charge is 0.407 e. The van der Waals surface area contributed by atoms with Crippen molar-refractivity contribution in [1.82, 2.24) is 15.1 Å². The van der Waals surface area contributed by atoms with Crippen LogP contribution >= 0.6 is 0 Å². The Morgan fingerprint density at radius 2 is 1.70 bits per heavy atom. The van der Waals surface area contributed by atoms with Crippen molar-refractivity contribution in [2.24, 2.45) is 7.05 Å². The van der Waals surface area contributed by atoms with Gasteiger partial charge in [-0.15, -0.1) is 0 Å². The molecule has 1 atom stereocenters. The number of alkyl carbamates (subject to hydrolysis) is 1. The summed E-state index contributed by atoms with van der Waals surface area (Å²) in [5.74, 6) is -1.82. The van der Waals surface area contributed by atoms with Gasteiger partial charge in [-0.2, -0.15) is 5.10 Å². The molecule has 0 unspecified atom stereocenters. The summed E-state index contributed by atoms with van der Waals surface area (Å²) in [6, 6.07) is 15.1. The van der Waals surface area contributed by atoms with E-state index in [4.69, 9.17) is 4.74 Å². The average molecular weight is 448 g/mol. The number of aryl methyl sites for hydroxylation is 1. The van der Waals surface area contributed by atoms with Crippen molar-refractivity contribution in [1.29, 1.82) is 0 Å². The van der Waals surface area contributed by atoms with Crippen molar-refractivity contribution in [2.75, 3.05) is 11.9 Å². The fraction of sp³-hybridized carbons (Fsp3) is 0.250. The average Bonchev–Trinajstić information content (AvgIpc) is 3.34. The lowest BCUT2D eigenvalue weighted by Crippen LogP contribution is -2.44. The highest BCUT2D eigenvalue weighted by atomic mass is 16.5. The van der Waals surface area contributed by atoms with Crippen LogP contribution in [0, 0.1) is 0 Å². The number of carboxylic acids is 1. The summed E-state index contributed by atoms with van der Waals surface area (Å²) < 4.78 is 6.75. The van der Waals surface area contributed by atoms with Crippen LogP contribution in [0.15, 0.2) is 54.7 Å². The Morgan fingerprint density at radius 3 is 2.27 bits per heavy atom. The zero-order chi connectivity index (χ0) is 23.5. The summed E-state index contributed by atoms with van der Waals surface area (Å²) in [5, 5.41) is 18.2. The zero-order valence-corrected chi connectivity index (χ0v) is 18.2. The van der Waals surface area contributed by atoms with Crippen LogP contribution in [0.1, 0.15) is 40.7 Å². The van der Waals surface area contributed by atoms with Gasteiger partial charge in [0, 0.05) is 13.0 Å². The van der Waals surface area contributed by atoms with Gasteiger partial charge in [0.2, 0.25) is 5.91 Å². The van der Waals surface area contributed by atoms with Crippen molar-refractivity contribution < 1.29 is 24.2 Å². The highest BCUT2D eigenvalue weighted by molar-refractivity contribution is 6.01. The second kappa shape index (κ2) is 9.15. The minimum absolute atomic E-state index is 0.0419. The van der Waals surface area contributed by atoms with Gasteiger partial charge >= 0.3 is 12.1 Å². The summed E-state index contributed by atoms with van der Waals surface area (Å²) in [7, 11) is 1.52. The maximum atomic E-state index is 12.7. The Hall–Kier alpha value is -4.14. The van der Waals surface area contributed by atoms with Crippen LogP contribution in [-0.4, -0.2) is 45.5 Å². The van der Waals surface area contributed by atoms with Crippen molar-refractivity contribution in [3.63, 3.8) is 0 Å². The van der Waals surface area contributed by atoms with E-state index in [0.29, 0.717) is 0 Å². The van der Waals surface area contributed by atoms with E-state index in [1.165, 1.54) is 11.7 Å². The number of ether oxygens (including phenoxy) is 1. The standard InChI is InChI=1S/C24H24N4O5/c1-3-20(22(29)27-21-18(23(30)31)12-25-28(21)2)26-24(32)33-13-19-16-10-6-4-8-14(16)15-9-5-7-11-17(15)19/h4-12,19-20H,3,13H2,1-2H3,(H,26,32)(H,27,29)(H,30,31)/t20-/m1/s1. The minimum atomic E-state index is -1.21. The maximum Gasteiger partial charge on any atom is 0.407 e. The third kappa shape index (κ3) is 4.30. The highest BCUT2D eigenvalue weighted by Gasteiger charge is 2.30. The highest BCUT2D eigenvalue weighted by Crippen LogP contribution is 2.44. The van der Waals surface area contributed by atoms with Crippen molar-refractivity contribution >= 4 is 23.8 Å². The number of carbonyl (C=O) groups is 3. The van der Waals surface area contributed by atoms with Crippen LogP contribution in [0.4, 0.5) is 10.6 Å². The zero-order valence-electron chi connectivity index (χ0n) is 18.2. The van der Waals surface area contributed by atoms with E-state index in [2.05, 4.69) is 27.9 Å². The molecule has 0 radical (unpaired) electrons. The van der Waals surface area contributed by atoms with E-state index in [-0.39, 0.29) is 30.3 Å². The molecule has 0 saturated heterocycles. The molecule has 4 rings (SSSR count). The van der Waals surface area contributed by atoms with Crippen molar-refractivity contribution in [3.05, 3.63) is 71.4 Å². The number of fused-ring (bicyclic) bond motifs is 3. The molecule has 0 spiro atoms. The number of rotatable bonds is 7. The SMILES string of the molecule is CC[C@@H](NC(=O)OCC1c2ccccc2-c2ccccc21)C(=O)Nc1c(C(=O)O)cnn1C. The van der Waals surface area contributed by atoms with Crippen LogP contribution in [0.25, 0.3) is 11.1 Å². The van der Waals surface area contributed by atoms with E-state index < -0.39 is 24.0 Å². The van der Waals surface area contributed by atoms with Gasteiger partial charge in [-0.1, -0.05) is 55.5 Å². The quantitative estimate of drug-likeness (QED) is 0.509. The normalized spacial score (nSPS) is 13.0. The van der Waals surface area contributed by atoms with Gasteiger partial charge in [0.25, 0.3) is 0 Å². The Morgan fingerprint density at radius 1 is 1.09 bits per heavy atom. The van der Waals surface area contributed by atoms with Gasteiger partial charge < -0.3 is 20.5 Å². The molecule has 1 aliphatic carbocycles. The maximum absolute atomic E-state index is 12.7. The largest absolute Gasteiger partial charge is 0.477 e. The molecule has 0 fully saturated rings. The summed E-state index contributed by atoms with van der Waals surface area (Å²) in [5.41, 5.74) is 4.29. The number of aromatic nitrogens is 2.